The zero-order chi connectivity index (χ0) is 11.6. The van der Waals surface area contributed by atoms with Crippen LogP contribution in [0.3, 0.4) is 0 Å². The first kappa shape index (κ1) is 11.2. The van der Waals surface area contributed by atoms with Crippen molar-refractivity contribution >= 4 is 17.4 Å². The topological polar surface area (TPSA) is 57.9 Å². The van der Waals surface area contributed by atoms with Crippen LogP contribution in [0.2, 0.25) is 5.15 Å². The van der Waals surface area contributed by atoms with Crippen LogP contribution in [-0.4, -0.2) is 23.7 Å². The fraction of sp³-hybridized carbons (Fsp3) is 0.455. The zero-order valence-electron chi connectivity index (χ0n) is 8.96. The van der Waals surface area contributed by atoms with Gasteiger partial charge in [-0.2, -0.15) is 5.26 Å². The van der Waals surface area contributed by atoms with Gasteiger partial charge in [-0.3, -0.25) is 0 Å². The molecule has 1 unspecified atom stereocenters. The molecule has 0 amide bonds. The summed E-state index contributed by atoms with van der Waals surface area (Å²) in [5, 5.41) is 12.4. The minimum atomic E-state index is -0.121. The SMILES string of the molecule is CC1(Nc2cc(C#N)cc(Cl)n2)CCOC1. The van der Waals surface area contributed by atoms with Crippen LogP contribution in [0, 0.1) is 11.3 Å². The van der Waals surface area contributed by atoms with Crippen molar-refractivity contribution in [2.24, 2.45) is 0 Å². The highest BCUT2D eigenvalue weighted by atomic mass is 35.5. The van der Waals surface area contributed by atoms with Crippen molar-refractivity contribution in [2.45, 2.75) is 18.9 Å². The van der Waals surface area contributed by atoms with Crippen LogP contribution in [0.15, 0.2) is 12.1 Å². The van der Waals surface area contributed by atoms with E-state index in [9.17, 15) is 0 Å². The van der Waals surface area contributed by atoms with E-state index in [0.717, 1.165) is 13.0 Å². The third kappa shape index (κ3) is 2.43. The minimum absolute atomic E-state index is 0.121. The van der Waals surface area contributed by atoms with Crippen molar-refractivity contribution in [1.29, 1.82) is 5.26 Å². The van der Waals surface area contributed by atoms with E-state index in [1.54, 1.807) is 12.1 Å². The number of hydrogen-bond donors (Lipinski definition) is 1. The number of aromatic nitrogens is 1. The summed E-state index contributed by atoms with van der Waals surface area (Å²) >= 11 is 5.83. The monoisotopic (exact) mass is 237 g/mol. The first-order valence-electron chi connectivity index (χ1n) is 5.05. The van der Waals surface area contributed by atoms with Gasteiger partial charge in [-0.25, -0.2) is 4.98 Å². The molecule has 1 fully saturated rings. The molecule has 1 aromatic heterocycles. The molecule has 1 atom stereocenters. The lowest BCUT2D eigenvalue weighted by atomic mass is 10.0. The van der Waals surface area contributed by atoms with Crippen LogP contribution in [-0.2, 0) is 4.74 Å². The Labute approximate surface area is 99.2 Å². The molecule has 4 nitrogen and oxygen atoms in total. The van der Waals surface area contributed by atoms with E-state index in [1.807, 2.05) is 6.07 Å². The lowest BCUT2D eigenvalue weighted by molar-refractivity contribution is 0.185. The minimum Gasteiger partial charge on any atom is -0.379 e. The van der Waals surface area contributed by atoms with Crippen LogP contribution >= 0.6 is 11.6 Å². The number of nitrogens with zero attached hydrogens (tertiary/aromatic N) is 2. The van der Waals surface area contributed by atoms with Crippen LogP contribution in [0.4, 0.5) is 5.82 Å². The van der Waals surface area contributed by atoms with Gasteiger partial charge in [0, 0.05) is 6.61 Å². The average Bonchev–Trinajstić information content (AvgIpc) is 2.63. The Morgan fingerprint density at radius 1 is 1.62 bits per heavy atom. The molecule has 0 radical (unpaired) electrons. The summed E-state index contributed by atoms with van der Waals surface area (Å²) in [5.74, 6) is 0.622. The molecular formula is C11H12ClN3O. The first-order valence-corrected chi connectivity index (χ1v) is 5.43. The number of rotatable bonds is 2. The predicted octanol–water partition coefficient (Wildman–Crippen LogP) is 2.20. The lowest BCUT2D eigenvalue weighted by Gasteiger charge is -2.24. The third-order valence-electron chi connectivity index (χ3n) is 2.57. The van der Waals surface area contributed by atoms with E-state index in [2.05, 4.69) is 17.2 Å². The molecule has 0 saturated carbocycles. The van der Waals surface area contributed by atoms with Gasteiger partial charge in [-0.05, 0) is 25.5 Å². The van der Waals surface area contributed by atoms with Crippen molar-refractivity contribution in [1.82, 2.24) is 4.98 Å². The molecule has 2 rings (SSSR count). The van der Waals surface area contributed by atoms with Crippen molar-refractivity contribution in [3.63, 3.8) is 0 Å². The van der Waals surface area contributed by atoms with E-state index in [0.29, 0.717) is 23.1 Å². The fourth-order valence-corrected chi connectivity index (χ4v) is 1.91. The maximum atomic E-state index is 8.82. The summed E-state index contributed by atoms with van der Waals surface area (Å²) in [6.45, 7) is 3.45. The number of anilines is 1. The van der Waals surface area contributed by atoms with Gasteiger partial charge >= 0.3 is 0 Å². The number of nitrogens with one attached hydrogen (secondary N) is 1. The van der Waals surface area contributed by atoms with Crippen LogP contribution < -0.4 is 5.32 Å². The highest BCUT2D eigenvalue weighted by Crippen LogP contribution is 2.24. The zero-order valence-corrected chi connectivity index (χ0v) is 9.71. The lowest BCUT2D eigenvalue weighted by Crippen LogP contribution is -2.35. The largest absolute Gasteiger partial charge is 0.379 e. The molecular weight excluding hydrogens is 226 g/mol. The van der Waals surface area contributed by atoms with Crippen LogP contribution in [0.25, 0.3) is 0 Å². The quantitative estimate of drug-likeness (QED) is 0.802. The van der Waals surface area contributed by atoms with Gasteiger partial charge in [0.2, 0.25) is 0 Å². The molecule has 84 valence electrons. The number of nitriles is 1. The molecule has 1 aromatic rings. The summed E-state index contributed by atoms with van der Waals surface area (Å²) in [6.07, 6.45) is 0.920. The van der Waals surface area contributed by atoms with Gasteiger partial charge in [0.15, 0.2) is 0 Å². The van der Waals surface area contributed by atoms with Gasteiger partial charge in [-0.15, -0.1) is 0 Å². The van der Waals surface area contributed by atoms with E-state index < -0.39 is 0 Å². The Kier molecular flexibility index (Phi) is 2.99. The fourth-order valence-electron chi connectivity index (χ4n) is 1.70. The van der Waals surface area contributed by atoms with Crippen LogP contribution in [0.5, 0.6) is 0 Å². The standard InChI is InChI=1S/C11H12ClN3O/c1-11(2-3-16-7-11)15-10-5-8(6-13)4-9(12)14-10/h4-5H,2-3,7H2,1H3,(H,14,15). The normalized spacial score (nSPS) is 24.1. The molecule has 1 aliphatic rings. The van der Waals surface area contributed by atoms with E-state index in [-0.39, 0.29) is 5.54 Å². The highest BCUT2D eigenvalue weighted by Gasteiger charge is 2.29. The molecule has 0 bridgehead atoms. The summed E-state index contributed by atoms with van der Waals surface area (Å²) in [6, 6.07) is 5.28. The Balaban J connectivity index is 2.21. The smallest absolute Gasteiger partial charge is 0.132 e. The number of ether oxygens (including phenoxy) is 1. The Morgan fingerprint density at radius 2 is 2.44 bits per heavy atom. The van der Waals surface area contributed by atoms with Crippen molar-refractivity contribution in [3.8, 4) is 6.07 Å². The molecule has 2 heterocycles. The molecule has 1 aliphatic heterocycles. The second-order valence-corrected chi connectivity index (χ2v) is 4.55. The van der Waals surface area contributed by atoms with Gasteiger partial charge in [0.25, 0.3) is 0 Å². The molecule has 1 N–H and O–H groups in total. The molecule has 0 spiro atoms. The molecule has 16 heavy (non-hydrogen) atoms. The molecule has 0 aliphatic carbocycles. The summed E-state index contributed by atoms with van der Waals surface area (Å²) < 4.78 is 5.33. The van der Waals surface area contributed by atoms with E-state index >= 15 is 0 Å². The third-order valence-corrected chi connectivity index (χ3v) is 2.77. The van der Waals surface area contributed by atoms with Gasteiger partial charge in [-0.1, -0.05) is 11.6 Å². The van der Waals surface area contributed by atoms with Crippen molar-refractivity contribution in [2.75, 3.05) is 18.5 Å². The predicted molar refractivity (Wildman–Crippen MR) is 61.4 cm³/mol. The van der Waals surface area contributed by atoms with E-state index in [1.165, 1.54) is 0 Å². The summed E-state index contributed by atoms with van der Waals surface area (Å²) in [7, 11) is 0. The van der Waals surface area contributed by atoms with Crippen molar-refractivity contribution < 1.29 is 4.74 Å². The van der Waals surface area contributed by atoms with Gasteiger partial charge in [0.1, 0.15) is 11.0 Å². The maximum Gasteiger partial charge on any atom is 0.132 e. The number of hydrogen-bond acceptors (Lipinski definition) is 4. The Hall–Kier alpha value is -1.31. The molecule has 0 aromatic carbocycles. The molecule has 5 heteroatoms. The number of pyridine rings is 1. The summed E-state index contributed by atoms with van der Waals surface area (Å²) in [5.41, 5.74) is 0.384. The first-order chi connectivity index (χ1) is 7.61. The second-order valence-electron chi connectivity index (χ2n) is 4.16. The maximum absolute atomic E-state index is 8.82. The van der Waals surface area contributed by atoms with Crippen LogP contribution in [0.1, 0.15) is 18.9 Å². The van der Waals surface area contributed by atoms with Gasteiger partial charge in [0.05, 0.1) is 23.8 Å². The molecule has 1 saturated heterocycles. The summed E-state index contributed by atoms with van der Waals surface area (Å²) in [4.78, 5) is 4.14. The average molecular weight is 238 g/mol. The second kappa shape index (κ2) is 4.28. The van der Waals surface area contributed by atoms with Gasteiger partial charge < -0.3 is 10.1 Å². The van der Waals surface area contributed by atoms with E-state index in [4.69, 9.17) is 21.6 Å². The highest BCUT2D eigenvalue weighted by molar-refractivity contribution is 6.29. The number of halogens is 1. The van der Waals surface area contributed by atoms with Crippen molar-refractivity contribution in [3.05, 3.63) is 22.8 Å². The Bertz CT molecular complexity index is 435. The Morgan fingerprint density at radius 3 is 3.06 bits per heavy atom.